The Kier molecular flexibility index (Phi) is 6.02. The van der Waals surface area contributed by atoms with E-state index in [0.29, 0.717) is 25.3 Å². The number of hydrogen-bond donors (Lipinski definition) is 1. The fourth-order valence-electron chi connectivity index (χ4n) is 4.62. The first-order valence-electron chi connectivity index (χ1n) is 10.8. The molecular formula is C21H29N5O4S. The normalized spacial score (nSPS) is 19.7. The zero-order chi connectivity index (χ0) is 22.2. The van der Waals surface area contributed by atoms with Crippen LogP contribution in [0, 0.1) is 23.0 Å². The highest BCUT2D eigenvalue weighted by atomic mass is 32.2. The van der Waals surface area contributed by atoms with E-state index in [2.05, 4.69) is 14.9 Å². The van der Waals surface area contributed by atoms with Crippen molar-refractivity contribution in [2.75, 3.05) is 18.4 Å². The highest BCUT2D eigenvalue weighted by Gasteiger charge is 2.30. The molecule has 31 heavy (non-hydrogen) atoms. The predicted octanol–water partition coefficient (Wildman–Crippen LogP) is 3.47. The van der Waals surface area contributed by atoms with Gasteiger partial charge in [0.1, 0.15) is 11.5 Å². The van der Waals surface area contributed by atoms with Gasteiger partial charge in [0, 0.05) is 31.4 Å². The van der Waals surface area contributed by atoms with Crippen molar-refractivity contribution in [3.8, 4) is 0 Å². The third-order valence-corrected chi connectivity index (χ3v) is 8.12. The van der Waals surface area contributed by atoms with Gasteiger partial charge in [-0.25, -0.2) is 13.4 Å². The summed E-state index contributed by atoms with van der Waals surface area (Å²) in [7, 11) is -3.76. The summed E-state index contributed by atoms with van der Waals surface area (Å²) in [6.07, 6.45) is 4.99. The largest absolute Gasteiger partial charge is 0.374 e. The van der Waals surface area contributed by atoms with E-state index in [-0.39, 0.29) is 16.5 Å². The van der Waals surface area contributed by atoms with E-state index in [4.69, 9.17) is 0 Å². The average Bonchev–Trinajstić information content (AvgIpc) is 3.08. The molecule has 0 aliphatic carbocycles. The number of rotatable bonds is 6. The van der Waals surface area contributed by atoms with E-state index in [1.165, 1.54) is 28.2 Å². The molecule has 0 spiro atoms. The number of piperidine rings is 1. The topological polar surface area (TPSA) is 110 Å². The first-order valence-corrected chi connectivity index (χ1v) is 12.3. The number of nitrogens with one attached hydrogen (secondary N) is 1. The quantitative estimate of drug-likeness (QED) is 0.536. The molecule has 2 aromatic rings. The maximum absolute atomic E-state index is 13.0. The number of hydrogen-bond acceptors (Lipinski definition) is 6. The number of aromatic nitrogens is 2. The molecule has 2 aliphatic rings. The molecule has 10 heteroatoms. The van der Waals surface area contributed by atoms with Crippen LogP contribution in [-0.4, -0.2) is 40.3 Å². The third kappa shape index (κ3) is 4.31. The number of aryl methyl sites for hydroxylation is 1. The smallest absolute Gasteiger partial charge is 0.293 e. The molecular weight excluding hydrogens is 418 g/mol. The number of anilines is 1. The summed E-state index contributed by atoms with van der Waals surface area (Å²) in [5.41, 5.74) is 2.13. The number of nitro groups is 1. The molecule has 1 atom stereocenters. The number of sulfonamides is 1. The van der Waals surface area contributed by atoms with E-state index in [0.717, 1.165) is 50.2 Å². The third-order valence-electron chi connectivity index (χ3n) is 6.26. The van der Waals surface area contributed by atoms with Gasteiger partial charge >= 0.3 is 0 Å². The molecule has 1 saturated heterocycles. The van der Waals surface area contributed by atoms with Gasteiger partial charge in [-0.05, 0) is 57.1 Å². The Balaban J connectivity index is 1.58. The van der Waals surface area contributed by atoms with Gasteiger partial charge in [0.15, 0.2) is 0 Å². The van der Waals surface area contributed by atoms with Crippen molar-refractivity contribution in [1.82, 2.24) is 13.9 Å². The summed E-state index contributed by atoms with van der Waals surface area (Å²) in [6, 6.07) is 4.12. The van der Waals surface area contributed by atoms with Gasteiger partial charge < -0.3 is 9.88 Å². The van der Waals surface area contributed by atoms with E-state index >= 15 is 0 Å². The summed E-state index contributed by atoms with van der Waals surface area (Å²) in [4.78, 5) is 15.8. The molecule has 0 radical (unpaired) electrons. The molecule has 168 valence electrons. The van der Waals surface area contributed by atoms with Crippen molar-refractivity contribution in [3.05, 3.63) is 45.5 Å². The van der Waals surface area contributed by atoms with Crippen LogP contribution in [0.15, 0.2) is 23.1 Å². The van der Waals surface area contributed by atoms with Crippen LogP contribution in [0.5, 0.6) is 0 Å². The SMILES string of the molecule is Cc1nc(CNc2ccc(S(=O)(=O)N3CCCC(C)C3)cc2[N+](=O)[O-])c2n1CCCC2. The van der Waals surface area contributed by atoms with Gasteiger partial charge in [0.05, 0.1) is 22.1 Å². The van der Waals surface area contributed by atoms with E-state index in [9.17, 15) is 18.5 Å². The number of imidazole rings is 1. The maximum atomic E-state index is 13.0. The summed E-state index contributed by atoms with van der Waals surface area (Å²) in [6.45, 7) is 6.21. The summed E-state index contributed by atoms with van der Waals surface area (Å²) in [5, 5.41) is 14.8. The van der Waals surface area contributed by atoms with Crippen LogP contribution >= 0.6 is 0 Å². The molecule has 1 fully saturated rings. The predicted molar refractivity (Wildman–Crippen MR) is 117 cm³/mol. The second-order valence-corrected chi connectivity index (χ2v) is 10.5. The van der Waals surface area contributed by atoms with Crippen LogP contribution in [0.4, 0.5) is 11.4 Å². The molecule has 1 N–H and O–H groups in total. The molecule has 4 rings (SSSR count). The number of nitrogens with zero attached hydrogens (tertiary/aromatic N) is 4. The van der Waals surface area contributed by atoms with Crippen molar-refractivity contribution in [2.24, 2.45) is 5.92 Å². The molecule has 1 unspecified atom stereocenters. The lowest BCUT2D eigenvalue weighted by Gasteiger charge is -2.30. The Labute approximate surface area is 182 Å². The molecule has 1 aromatic heterocycles. The number of benzene rings is 1. The van der Waals surface area contributed by atoms with E-state index < -0.39 is 14.9 Å². The zero-order valence-corrected chi connectivity index (χ0v) is 18.8. The fraction of sp³-hybridized carbons (Fsp3) is 0.571. The molecule has 0 amide bonds. The Morgan fingerprint density at radius 3 is 2.81 bits per heavy atom. The fourth-order valence-corrected chi connectivity index (χ4v) is 6.24. The monoisotopic (exact) mass is 447 g/mol. The van der Waals surface area contributed by atoms with Crippen LogP contribution < -0.4 is 5.32 Å². The summed E-state index contributed by atoms with van der Waals surface area (Å²) < 4.78 is 29.7. The molecule has 3 heterocycles. The van der Waals surface area contributed by atoms with Crippen LogP contribution in [0.2, 0.25) is 0 Å². The van der Waals surface area contributed by atoms with Crippen LogP contribution in [0.3, 0.4) is 0 Å². The molecule has 0 bridgehead atoms. The minimum absolute atomic E-state index is 0.0333. The maximum Gasteiger partial charge on any atom is 0.293 e. The lowest BCUT2D eigenvalue weighted by molar-refractivity contribution is -0.384. The second kappa shape index (κ2) is 8.58. The standard InChI is InChI=1S/C21H29N5O4S/c1-15-6-5-10-24(14-15)31(29,30)17-8-9-18(21(12-17)26(27)28)22-13-19-20-7-3-4-11-25(20)16(2)23-19/h8-9,12,15,22H,3-7,10-11,13-14H2,1-2H3. The minimum Gasteiger partial charge on any atom is -0.374 e. The lowest BCUT2D eigenvalue weighted by atomic mass is 10.0. The average molecular weight is 448 g/mol. The highest BCUT2D eigenvalue weighted by Crippen LogP contribution is 2.31. The molecule has 1 aromatic carbocycles. The van der Waals surface area contributed by atoms with Crippen molar-refractivity contribution in [2.45, 2.75) is 63.9 Å². The van der Waals surface area contributed by atoms with Crippen molar-refractivity contribution < 1.29 is 13.3 Å². The second-order valence-electron chi connectivity index (χ2n) is 8.56. The first-order chi connectivity index (χ1) is 14.8. The van der Waals surface area contributed by atoms with Gasteiger partial charge in [0.25, 0.3) is 5.69 Å². The Hall–Kier alpha value is -2.46. The molecule has 0 saturated carbocycles. The molecule has 2 aliphatic heterocycles. The van der Waals surface area contributed by atoms with Gasteiger partial charge in [-0.15, -0.1) is 0 Å². The number of nitro benzene ring substituents is 1. The van der Waals surface area contributed by atoms with Gasteiger partial charge in [-0.1, -0.05) is 6.92 Å². The van der Waals surface area contributed by atoms with Crippen LogP contribution in [0.1, 0.15) is 49.8 Å². The van der Waals surface area contributed by atoms with Crippen molar-refractivity contribution >= 4 is 21.4 Å². The van der Waals surface area contributed by atoms with Gasteiger partial charge in [-0.3, -0.25) is 10.1 Å². The summed E-state index contributed by atoms with van der Waals surface area (Å²) >= 11 is 0. The van der Waals surface area contributed by atoms with E-state index in [1.807, 2.05) is 13.8 Å². The Bertz CT molecular complexity index is 1100. The first kappa shape index (κ1) is 21.8. The highest BCUT2D eigenvalue weighted by molar-refractivity contribution is 7.89. The molecule has 9 nitrogen and oxygen atoms in total. The van der Waals surface area contributed by atoms with Crippen LogP contribution in [0.25, 0.3) is 0 Å². The minimum atomic E-state index is -3.76. The lowest BCUT2D eigenvalue weighted by Crippen LogP contribution is -2.39. The van der Waals surface area contributed by atoms with Gasteiger partial charge in [0.2, 0.25) is 10.0 Å². The van der Waals surface area contributed by atoms with E-state index in [1.54, 1.807) is 0 Å². The van der Waals surface area contributed by atoms with Crippen LogP contribution in [-0.2, 0) is 29.5 Å². The number of fused-ring (bicyclic) bond motifs is 1. The van der Waals surface area contributed by atoms with Crippen molar-refractivity contribution in [3.63, 3.8) is 0 Å². The summed E-state index contributed by atoms with van der Waals surface area (Å²) in [5.74, 6) is 1.24. The zero-order valence-electron chi connectivity index (χ0n) is 18.0. The Morgan fingerprint density at radius 2 is 2.06 bits per heavy atom. The van der Waals surface area contributed by atoms with Crippen molar-refractivity contribution in [1.29, 1.82) is 0 Å². The van der Waals surface area contributed by atoms with Gasteiger partial charge in [-0.2, -0.15) is 4.31 Å². The Morgan fingerprint density at radius 1 is 1.26 bits per heavy atom.